The minimum absolute atomic E-state index is 0.00761. The van der Waals surface area contributed by atoms with Crippen molar-refractivity contribution in [2.45, 2.75) is 117 Å². The van der Waals surface area contributed by atoms with Crippen LogP contribution in [-0.4, -0.2) is 23.4 Å². The highest BCUT2D eigenvalue weighted by atomic mass is 15.2. The van der Waals surface area contributed by atoms with Crippen molar-refractivity contribution in [2.75, 3.05) is 18.0 Å². The lowest BCUT2D eigenvalue weighted by molar-refractivity contribution is -0.438. The Bertz CT molecular complexity index is 1350. The lowest BCUT2D eigenvalue weighted by atomic mass is 9.81. The quantitative estimate of drug-likeness (QED) is 0.109. The molecule has 43 heavy (non-hydrogen) atoms. The number of unbranched alkanes of at least 4 members (excludes halogenated alkanes) is 8. The summed E-state index contributed by atoms with van der Waals surface area (Å²) in [6.07, 6.45) is 28.7. The molecule has 0 saturated heterocycles. The molecule has 0 N–H and O–H groups in total. The van der Waals surface area contributed by atoms with Crippen LogP contribution in [0, 0.1) is 0 Å². The summed E-state index contributed by atoms with van der Waals surface area (Å²) in [5.74, 6) is 0. The molecule has 0 spiro atoms. The number of rotatable bonds is 16. The third-order valence-corrected chi connectivity index (χ3v) is 9.52. The first-order valence-electron chi connectivity index (χ1n) is 17.2. The molecule has 0 radical (unpaired) electrons. The number of nitrogens with zero attached hydrogens (tertiary/aromatic N) is 2. The van der Waals surface area contributed by atoms with E-state index in [1.807, 2.05) is 0 Å². The van der Waals surface area contributed by atoms with Crippen molar-refractivity contribution in [2.24, 2.45) is 0 Å². The molecule has 0 bridgehead atoms. The second kappa shape index (κ2) is 15.6. The fraction of sp³-hybridized carbons (Fsp3) is 0.488. The standard InChI is InChI=1S/C41H57N2/c1-7-9-11-16-24-32-42-36-28-22-20-26-34(36)40(3,4)38(42)30-18-14-13-15-19-31-39-41(5,6)35-27-21-23-29-37(35)43(39)33-25-17-12-10-8-2/h13-15,18-23,26-31H,7-12,16-17,24-25,32-33H2,1-6H3/q+1. The Morgan fingerprint density at radius 2 is 1.23 bits per heavy atom. The minimum Gasteiger partial charge on any atom is -0.344 e. The second-order valence-electron chi connectivity index (χ2n) is 13.5. The predicted molar refractivity (Wildman–Crippen MR) is 189 cm³/mol. The smallest absolute Gasteiger partial charge is 0.209 e. The van der Waals surface area contributed by atoms with Crippen molar-refractivity contribution < 1.29 is 4.58 Å². The van der Waals surface area contributed by atoms with Gasteiger partial charge in [0.15, 0.2) is 5.71 Å². The highest BCUT2D eigenvalue weighted by molar-refractivity contribution is 6.03. The Kier molecular flexibility index (Phi) is 11.9. The molecule has 2 aromatic rings. The van der Waals surface area contributed by atoms with Crippen LogP contribution in [-0.2, 0) is 10.8 Å². The lowest BCUT2D eigenvalue weighted by Crippen LogP contribution is -2.27. The van der Waals surface area contributed by atoms with Gasteiger partial charge in [-0.05, 0) is 44.4 Å². The summed E-state index contributed by atoms with van der Waals surface area (Å²) >= 11 is 0. The summed E-state index contributed by atoms with van der Waals surface area (Å²) in [6.45, 7) is 16.2. The molecule has 0 amide bonds. The fourth-order valence-electron chi connectivity index (χ4n) is 7.00. The summed E-state index contributed by atoms with van der Waals surface area (Å²) in [5, 5.41) is 0. The van der Waals surface area contributed by atoms with Gasteiger partial charge in [0.25, 0.3) is 0 Å². The SMILES string of the molecule is CCCCCCCN1C(=CC=CC=CC=CC2=[N+](CCCCCCC)c3ccccc3C2(C)C)C(C)(C)c2ccccc21. The third kappa shape index (κ3) is 7.69. The first kappa shape index (κ1) is 32.8. The monoisotopic (exact) mass is 577 g/mol. The van der Waals surface area contributed by atoms with Crippen LogP contribution in [0.1, 0.15) is 117 Å². The third-order valence-electron chi connectivity index (χ3n) is 9.52. The number of hydrogen-bond donors (Lipinski definition) is 0. The predicted octanol–water partition coefficient (Wildman–Crippen LogP) is 11.4. The van der Waals surface area contributed by atoms with Crippen molar-refractivity contribution >= 4 is 17.1 Å². The molecule has 2 heterocycles. The van der Waals surface area contributed by atoms with Crippen molar-refractivity contribution in [3.8, 4) is 0 Å². The summed E-state index contributed by atoms with van der Waals surface area (Å²) in [7, 11) is 0. The molecule has 2 aliphatic rings. The highest BCUT2D eigenvalue weighted by Crippen LogP contribution is 2.47. The molecule has 0 fully saturated rings. The van der Waals surface area contributed by atoms with Crippen molar-refractivity contribution in [1.82, 2.24) is 0 Å². The average Bonchev–Trinajstić information content (AvgIpc) is 3.35. The number of fused-ring (bicyclic) bond motifs is 2. The number of hydrogen-bond acceptors (Lipinski definition) is 1. The Hall–Kier alpha value is -3.13. The van der Waals surface area contributed by atoms with Gasteiger partial charge in [0.2, 0.25) is 5.69 Å². The van der Waals surface area contributed by atoms with Crippen LogP contribution in [0.3, 0.4) is 0 Å². The molecule has 0 aliphatic carbocycles. The number of para-hydroxylation sites is 2. The number of benzene rings is 2. The molecule has 4 rings (SSSR count). The Morgan fingerprint density at radius 3 is 1.98 bits per heavy atom. The van der Waals surface area contributed by atoms with Gasteiger partial charge < -0.3 is 4.90 Å². The molecule has 2 nitrogen and oxygen atoms in total. The summed E-state index contributed by atoms with van der Waals surface area (Å²) in [5.41, 5.74) is 8.46. The zero-order valence-electron chi connectivity index (χ0n) is 28.0. The molecular formula is C41H57N2+. The van der Waals surface area contributed by atoms with Gasteiger partial charge in [0, 0.05) is 47.5 Å². The maximum Gasteiger partial charge on any atom is 0.209 e. The molecule has 2 aromatic carbocycles. The van der Waals surface area contributed by atoms with E-state index in [4.69, 9.17) is 0 Å². The zero-order chi connectivity index (χ0) is 30.7. The maximum atomic E-state index is 2.57. The van der Waals surface area contributed by atoms with E-state index in [1.165, 1.54) is 98.1 Å². The molecule has 0 aromatic heterocycles. The van der Waals surface area contributed by atoms with Gasteiger partial charge in [-0.15, -0.1) is 0 Å². The Balaban J connectivity index is 1.46. The van der Waals surface area contributed by atoms with Gasteiger partial charge in [0.05, 0.1) is 5.41 Å². The van der Waals surface area contributed by atoms with E-state index >= 15 is 0 Å². The van der Waals surface area contributed by atoms with Gasteiger partial charge in [-0.1, -0.05) is 139 Å². The van der Waals surface area contributed by atoms with E-state index in [0.717, 1.165) is 13.1 Å². The molecular weight excluding hydrogens is 520 g/mol. The molecule has 230 valence electrons. The largest absolute Gasteiger partial charge is 0.344 e. The molecule has 0 unspecified atom stereocenters. The van der Waals surface area contributed by atoms with E-state index in [2.05, 4.69) is 142 Å². The zero-order valence-corrected chi connectivity index (χ0v) is 28.0. The average molecular weight is 578 g/mol. The normalized spacial score (nSPS) is 18.2. The van der Waals surface area contributed by atoms with Crippen LogP contribution in [0.15, 0.2) is 96.8 Å². The van der Waals surface area contributed by atoms with E-state index < -0.39 is 0 Å². The van der Waals surface area contributed by atoms with Crippen LogP contribution < -0.4 is 4.90 Å². The van der Waals surface area contributed by atoms with E-state index in [-0.39, 0.29) is 10.8 Å². The number of anilines is 1. The second-order valence-corrected chi connectivity index (χ2v) is 13.5. The van der Waals surface area contributed by atoms with E-state index in [9.17, 15) is 0 Å². The maximum absolute atomic E-state index is 2.57. The van der Waals surface area contributed by atoms with E-state index in [0.29, 0.717) is 0 Å². The summed E-state index contributed by atoms with van der Waals surface area (Å²) in [6, 6.07) is 18.0. The van der Waals surface area contributed by atoms with Gasteiger partial charge >= 0.3 is 0 Å². The Labute approximate surface area is 263 Å². The number of allylic oxidation sites excluding steroid dienone is 8. The fourth-order valence-corrected chi connectivity index (χ4v) is 7.00. The Morgan fingerprint density at radius 1 is 0.628 bits per heavy atom. The molecule has 2 heteroatoms. The summed E-state index contributed by atoms with van der Waals surface area (Å²) < 4.78 is 2.57. The minimum atomic E-state index is 0.00761. The van der Waals surface area contributed by atoms with Crippen molar-refractivity contribution in [3.63, 3.8) is 0 Å². The van der Waals surface area contributed by atoms with Crippen molar-refractivity contribution in [3.05, 3.63) is 108 Å². The first-order valence-corrected chi connectivity index (χ1v) is 17.2. The van der Waals surface area contributed by atoms with Gasteiger partial charge in [-0.3, -0.25) is 0 Å². The van der Waals surface area contributed by atoms with Crippen molar-refractivity contribution in [1.29, 1.82) is 0 Å². The molecule has 0 atom stereocenters. The van der Waals surface area contributed by atoms with Gasteiger partial charge in [0.1, 0.15) is 6.54 Å². The lowest BCUT2D eigenvalue weighted by Gasteiger charge is -2.27. The summed E-state index contributed by atoms with van der Waals surface area (Å²) in [4.78, 5) is 2.57. The van der Waals surface area contributed by atoms with Gasteiger partial charge in [-0.25, -0.2) is 0 Å². The topological polar surface area (TPSA) is 6.25 Å². The van der Waals surface area contributed by atoms with E-state index in [1.54, 1.807) is 0 Å². The van der Waals surface area contributed by atoms with Gasteiger partial charge in [-0.2, -0.15) is 4.58 Å². The highest BCUT2D eigenvalue weighted by Gasteiger charge is 2.43. The van der Waals surface area contributed by atoms with Crippen LogP contribution in [0.2, 0.25) is 0 Å². The van der Waals surface area contributed by atoms with Crippen LogP contribution in [0.25, 0.3) is 0 Å². The first-order chi connectivity index (χ1) is 20.8. The molecule has 0 saturated carbocycles. The van der Waals surface area contributed by atoms with Crippen LogP contribution in [0.4, 0.5) is 11.4 Å². The van der Waals surface area contributed by atoms with Crippen LogP contribution in [0.5, 0.6) is 0 Å². The molecule has 2 aliphatic heterocycles. The van der Waals surface area contributed by atoms with Crippen LogP contribution >= 0.6 is 0 Å².